The van der Waals surface area contributed by atoms with Gasteiger partial charge in [0, 0.05) is 18.1 Å². The molecular weight excluding hydrogens is 596 g/mol. The minimum Gasteiger partial charge on any atom is -0.493 e. The number of amides is 1. The van der Waals surface area contributed by atoms with E-state index in [9.17, 15) is 24.0 Å². The van der Waals surface area contributed by atoms with Gasteiger partial charge < -0.3 is 29.0 Å². The summed E-state index contributed by atoms with van der Waals surface area (Å²) in [5.41, 5.74) is -0.708. The smallest absolute Gasteiger partial charge is 0.332 e. The molecule has 2 heterocycles. The summed E-state index contributed by atoms with van der Waals surface area (Å²) in [4.78, 5) is 69.5. The van der Waals surface area contributed by atoms with Crippen molar-refractivity contribution in [3.05, 3.63) is 53.9 Å². The van der Waals surface area contributed by atoms with Gasteiger partial charge in [-0.3, -0.25) is 19.2 Å². The summed E-state index contributed by atoms with van der Waals surface area (Å²) < 4.78 is 27.5. The Kier molecular flexibility index (Phi) is 11.7. The molecule has 12 nitrogen and oxygen atoms in total. The van der Waals surface area contributed by atoms with E-state index in [-0.39, 0.29) is 29.5 Å². The molecule has 1 aromatic carbocycles. The lowest BCUT2D eigenvalue weighted by molar-refractivity contribution is -0.176. The molecule has 0 radical (unpaired) electrons. The third-order valence-corrected chi connectivity index (χ3v) is 7.52. The van der Waals surface area contributed by atoms with Gasteiger partial charge in [-0.25, -0.2) is 9.78 Å². The number of rotatable bonds is 10. The molecule has 2 unspecified atom stereocenters. The third kappa shape index (κ3) is 8.46. The van der Waals surface area contributed by atoms with Gasteiger partial charge in [0.25, 0.3) is 5.91 Å². The standard InChI is InChI=1S/C31H37ClN2O10/c1-17(2)27(36)43-24-18(3)42-29(38)21(15-41-28(37)20(24)14-19-10-8-7-9-11-19)34-26(35)23-25(22(40-6)12-13-33-23)44-30(39)31(4,5)16-32/h7-13,17-18,20-21,24H,14-16H2,1-6H3,(H,34,35)/t18-,20+,21?,24?/m0/s1. The average Bonchev–Trinajstić information content (AvgIpc) is 3.03. The normalized spacial score (nSPS) is 20.7. The Morgan fingerprint density at radius 2 is 1.80 bits per heavy atom. The molecule has 1 aliphatic heterocycles. The van der Waals surface area contributed by atoms with Gasteiger partial charge in [-0.1, -0.05) is 44.2 Å². The number of carbonyl (C=O) groups is 5. The minimum absolute atomic E-state index is 0.0273. The maximum atomic E-state index is 13.4. The largest absolute Gasteiger partial charge is 0.493 e. The van der Waals surface area contributed by atoms with Crippen molar-refractivity contribution < 1.29 is 47.7 Å². The van der Waals surface area contributed by atoms with Crippen LogP contribution < -0.4 is 14.8 Å². The lowest BCUT2D eigenvalue weighted by atomic mass is 9.91. The van der Waals surface area contributed by atoms with E-state index < -0.39 is 71.9 Å². The van der Waals surface area contributed by atoms with Crippen LogP contribution in [-0.4, -0.2) is 72.6 Å². The molecule has 13 heteroatoms. The van der Waals surface area contributed by atoms with Gasteiger partial charge >= 0.3 is 23.9 Å². The Morgan fingerprint density at radius 3 is 2.41 bits per heavy atom. The van der Waals surface area contributed by atoms with Crippen molar-refractivity contribution in [2.45, 2.75) is 59.3 Å². The molecule has 44 heavy (non-hydrogen) atoms. The van der Waals surface area contributed by atoms with Gasteiger partial charge in [0.15, 0.2) is 23.6 Å². The molecule has 1 N–H and O–H groups in total. The number of ether oxygens (including phenoxy) is 5. The number of nitrogens with zero attached hydrogens (tertiary/aromatic N) is 1. The Balaban J connectivity index is 1.91. The summed E-state index contributed by atoms with van der Waals surface area (Å²) in [6.07, 6.45) is -0.876. The Bertz CT molecular complexity index is 1360. The highest BCUT2D eigenvalue weighted by Crippen LogP contribution is 2.32. The number of pyridine rings is 1. The Labute approximate surface area is 260 Å². The van der Waals surface area contributed by atoms with Crippen LogP contribution in [0.1, 0.15) is 50.7 Å². The fourth-order valence-corrected chi connectivity index (χ4v) is 4.22. The zero-order valence-electron chi connectivity index (χ0n) is 25.5. The predicted octanol–water partition coefficient (Wildman–Crippen LogP) is 3.27. The second kappa shape index (κ2) is 15.0. The number of aromatic nitrogens is 1. The van der Waals surface area contributed by atoms with Crippen molar-refractivity contribution in [3.63, 3.8) is 0 Å². The van der Waals surface area contributed by atoms with E-state index in [0.29, 0.717) is 0 Å². The summed E-state index contributed by atoms with van der Waals surface area (Å²) in [6.45, 7) is 7.30. The summed E-state index contributed by atoms with van der Waals surface area (Å²) >= 11 is 5.90. The van der Waals surface area contributed by atoms with Crippen molar-refractivity contribution in [2.24, 2.45) is 17.3 Å². The molecular formula is C31H37ClN2O10. The van der Waals surface area contributed by atoms with Crippen LogP contribution in [0.5, 0.6) is 11.5 Å². The first kappa shape index (κ1) is 34.3. The number of carbonyl (C=O) groups excluding carboxylic acids is 5. The lowest BCUT2D eigenvalue weighted by Crippen LogP contribution is -2.47. The first-order chi connectivity index (χ1) is 20.8. The molecule has 1 saturated heterocycles. The summed E-state index contributed by atoms with van der Waals surface area (Å²) in [5, 5.41) is 2.44. The van der Waals surface area contributed by atoms with E-state index >= 15 is 0 Å². The molecule has 1 amide bonds. The summed E-state index contributed by atoms with van der Waals surface area (Å²) in [6, 6.07) is 8.93. The average molecular weight is 633 g/mol. The molecule has 238 valence electrons. The molecule has 0 spiro atoms. The second-order valence-electron chi connectivity index (χ2n) is 11.2. The quantitative estimate of drug-likeness (QED) is 0.233. The van der Waals surface area contributed by atoms with Gasteiger partial charge in [0.2, 0.25) is 5.75 Å². The molecule has 4 atom stereocenters. The molecule has 1 aliphatic rings. The van der Waals surface area contributed by atoms with E-state index in [4.69, 9.17) is 35.3 Å². The predicted molar refractivity (Wildman–Crippen MR) is 157 cm³/mol. The lowest BCUT2D eigenvalue weighted by Gasteiger charge is -2.29. The number of hydrogen-bond acceptors (Lipinski definition) is 11. The van der Waals surface area contributed by atoms with Crippen LogP contribution in [-0.2, 0) is 39.8 Å². The summed E-state index contributed by atoms with van der Waals surface area (Å²) in [7, 11) is 1.31. The van der Waals surface area contributed by atoms with Crippen molar-refractivity contribution in [3.8, 4) is 11.5 Å². The van der Waals surface area contributed by atoms with Crippen LogP contribution in [0.2, 0.25) is 0 Å². The molecule has 0 aliphatic carbocycles. The van der Waals surface area contributed by atoms with Crippen molar-refractivity contribution >= 4 is 41.4 Å². The van der Waals surface area contributed by atoms with Gasteiger partial charge in [-0.05, 0) is 32.8 Å². The number of hydrogen-bond donors (Lipinski definition) is 1. The fourth-order valence-electron chi connectivity index (χ4n) is 4.11. The molecule has 3 rings (SSSR count). The molecule has 0 saturated carbocycles. The van der Waals surface area contributed by atoms with Crippen LogP contribution in [0.4, 0.5) is 0 Å². The monoisotopic (exact) mass is 632 g/mol. The number of nitrogens with one attached hydrogen (secondary N) is 1. The number of cyclic esters (lactones) is 2. The van der Waals surface area contributed by atoms with Crippen molar-refractivity contribution in [2.75, 3.05) is 19.6 Å². The highest BCUT2D eigenvalue weighted by molar-refractivity contribution is 6.19. The Hall–Kier alpha value is -4.19. The zero-order valence-corrected chi connectivity index (χ0v) is 26.2. The Morgan fingerprint density at radius 1 is 1.11 bits per heavy atom. The fraction of sp³-hybridized carbons (Fsp3) is 0.484. The van der Waals surface area contributed by atoms with Crippen LogP contribution in [0.25, 0.3) is 0 Å². The van der Waals surface area contributed by atoms with Gasteiger partial charge in [0.1, 0.15) is 18.6 Å². The van der Waals surface area contributed by atoms with Crippen molar-refractivity contribution in [1.82, 2.24) is 10.3 Å². The first-order valence-electron chi connectivity index (χ1n) is 14.0. The maximum absolute atomic E-state index is 13.4. The van der Waals surface area contributed by atoms with Gasteiger partial charge in [-0.15, -0.1) is 11.6 Å². The highest BCUT2D eigenvalue weighted by atomic mass is 35.5. The second-order valence-corrected chi connectivity index (χ2v) is 11.5. The number of esters is 4. The SMILES string of the molecule is COc1ccnc(C(=O)NC2COC(=O)[C@H](Cc3ccccc3)C(OC(=O)C(C)C)[C@H](C)OC2=O)c1OC(=O)C(C)(C)CCl. The molecule has 2 aromatic rings. The molecule has 1 fully saturated rings. The van der Waals surface area contributed by atoms with E-state index in [0.717, 1.165) is 5.56 Å². The first-order valence-corrected chi connectivity index (χ1v) is 14.6. The van der Waals surface area contributed by atoms with Gasteiger partial charge in [-0.2, -0.15) is 0 Å². The van der Waals surface area contributed by atoms with E-state index in [1.165, 1.54) is 26.3 Å². The maximum Gasteiger partial charge on any atom is 0.332 e. The number of alkyl halides is 1. The molecule has 0 bridgehead atoms. The van der Waals surface area contributed by atoms with E-state index in [1.54, 1.807) is 52.0 Å². The van der Waals surface area contributed by atoms with E-state index in [2.05, 4.69) is 10.3 Å². The topological polar surface area (TPSA) is 156 Å². The zero-order chi connectivity index (χ0) is 32.6. The number of methoxy groups -OCH3 is 1. The number of benzene rings is 1. The summed E-state index contributed by atoms with van der Waals surface area (Å²) in [5.74, 6) is -5.84. The van der Waals surface area contributed by atoms with Crippen LogP contribution in [0.3, 0.4) is 0 Å². The van der Waals surface area contributed by atoms with Crippen molar-refractivity contribution in [1.29, 1.82) is 0 Å². The van der Waals surface area contributed by atoms with Gasteiger partial charge in [0.05, 0.1) is 18.4 Å². The van der Waals surface area contributed by atoms with Crippen LogP contribution in [0.15, 0.2) is 42.6 Å². The number of halogens is 1. The van der Waals surface area contributed by atoms with Crippen LogP contribution >= 0.6 is 11.6 Å². The van der Waals surface area contributed by atoms with Crippen LogP contribution in [0, 0.1) is 17.3 Å². The minimum atomic E-state index is -1.48. The molecule has 1 aromatic heterocycles. The highest BCUT2D eigenvalue weighted by Gasteiger charge is 2.42. The van der Waals surface area contributed by atoms with E-state index in [1.807, 2.05) is 6.07 Å². The third-order valence-electron chi connectivity index (χ3n) is 6.85.